The maximum absolute atomic E-state index is 13.5. The predicted molar refractivity (Wildman–Crippen MR) is 118 cm³/mol. The van der Waals surface area contributed by atoms with E-state index < -0.39 is 20.0 Å². The summed E-state index contributed by atoms with van der Waals surface area (Å²) in [5.74, 6) is -1.19. The average Bonchev–Trinajstić information content (AvgIpc) is 2.68. The monoisotopic (exact) mass is 460 g/mol. The lowest BCUT2D eigenvalue weighted by Crippen LogP contribution is -2.40. The van der Waals surface area contributed by atoms with Crippen LogP contribution in [-0.2, 0) is 11.0 Å². The predicted octanol–water partition coefficient (Wildman–Crippen LogP) is 6.83. The maximum atomic E-state index is 13.5. The number of pyridine rings is 1. The molecule has 0 aliphatic rings. The number of hydrogen-bond donors (Lipinski definition) is 1. The highest BCUT2D eigenvalue weighted by Gasteiger charge is 2.34. The zero-order chi connectivity index (χ0) is 21.6. The lowest BCUT2D eigenvalue weighted by molar-refractivity contribution is 0.186. The third-order valence-corrected chi connectivity index (χ3v) is 10.8. The van der Waals surface area contributed by atoms with Gasteiger partial charge in [-0.15, -0.1) is 0 Å². The molecule has 3 nitrogen and oxygen atoms in total. The zero-order valence-corrected chi connectivity index (χ0v) is 19.8. The van der Waals surface area contributed by atoms with E-state index in [2.05, 4.69) is 31.1 Å². The van der Waals surface area contributed by atoms with Crippen molar-refractivity contribution in [3.8, 4) is 0 Å². The lowest BCUT2D eigenvalue weighted by Gasteiger charge is -2.34. The summed E-state index contributed by atoms with van der Waals surface area (Å²) in [6.45, 7) is 9.00. The van der Waals surface area contributed by atoms with Crippen LogP contribution in [0.5, 0.6) is 0 Å². The molecule has 0 saturated carbocycles. The summed E-state index contributed by atoms with van der Waals surface area (Å²) in [5.41, 5.74) is 1.92. The van der Waals surface area contributed by atoms with Crippen molar-refractivity contribution in [3.63, 3.8) is 0 Å². The molecule has 2 aromatic rings. The Labute approximate surface area is 182 Å². The Balaban J connectivity index is 2.29. The van der Waals surface area contributed by atoms with E-state index in [0.29, 0.717) is 40.0 Å². The van der Waals surface area contributed by atoms with E-state index in [4.69, 9.17) is 27.6 Å². The molecule has 1 N–H and O–H groups in total. The van der Waals surface area contributed by atoms with Crippen molar-refractivity contribution < 1.29 is 13.2 Å². The third-order valence-electron chi connectivity index (χ3n) is 5.41. The molecule has 0 amide bonds. The molecule has 1 atom stereocenters. The minimum atomic E-state index is -1.97. The Morgan fingerprint density at radius 1 is 1.07 bits per heavy atom. The molecule has 1 aromatic heterocycles. The Morgan fingerprint density at radius 2 is 1.66 bits per heavy atom. The van der Waals surface area contributed by atoms with E-state index in [1.54, 1.807) is 6.20 Å². The van der Waals surface area contributed by atoms with Crippen LogP contribution in [-0.4, -0.2) is 19.8 Å². The molecular weight excluding hydrogens is 433 g/mol. The molecule has 0 aliphatic heterocycles. The van der Waals surface area contributed by atoms with Gasteiger partial charge < -0.3 is 9.74 Å². The third kappa shape index (κ3) is 6.21. The van der Waals surface area contributed by atoms with Crippen LogP contribution in [0.2, 0.25) is 28.2 Å². The van der Waals surface area contributed by atoms with Crippen LogP contribution in [0.25, 0.3) is 0 Å². The second-order valence-corrected chi connectivity index (χ2v) is 12.7. The number of halogens is 4. The summed E-state index contributed by atoms with van der Waals surface area (Å²) in [7, 11) is -1.97. The summed E-state index contributed by atoms with van der Waals surface area (Å²) in [5, 5.41) is 4.20. The van der Waals surface area contributed by atoms with Crippen LogP contribution in [0.3, 0.4) is 0 Å². The molecule has 0 aliphatic carbocycles. The van der Waals surface area contributed by atoms with E-state index in [-0.39, 0.29) is 6.10 Å². The van der Waals surface area contributed by atoms with Crippen molar-refractivity contribution >= 4 is 31.5 Å². The van der Waals surface area contributed by atoms with Crippen molar-refractivity contribution in [2.75, 3.05) is 6.54 Å². The number of aromatic nitrogens is 1. The van der Waals surface area contributed by atoms with Gasteiger partial charge in [0.05, 0.1) is 21.8 Å². The number of aryl methyl sites for hydroxylation is 1. The second kappa shape index (κ2) is 10.8. The van der Waals surface area contributed by atoms with Gasteiger partial charge in [0.15, 0.2) is 8.32 Å². The van der Waals surface area contributed by atoms with Crippen molar-refractivity contribution in [2.24, 2.45) is 0 Å². The molecule has 0 spiro atoms. The first kappa shape index (κ1) is 24.2. The van der Waals surface area contributed by atoms with Gasteiger partial charge in [-0.1, -0.05) is 44.0 Å². The van der Waals surface area contributed by atoms with Crippen LogP contribution in [0.4, 0.5) is 8.78 Å². The highest BCUT2D eigenvalue weighted by molar-refractivity contribution is 6.73. The zero-order valence-electron chi connectivity index (χ0n) is 17.3. The molecule has 0 bridgehead atoms. The Bertz CT molecular complexity index is 806. The fraction of sp³-hybridized carbons (Fsp3) is 0.476. The Morgan fingerprint density at radius 3 is 2.21 bits per heavy atom. The molecule has 1 aromatic carbocycles. The molecule has 2 rings (SSSR count). The number of nitrogens with zero attached hydrogens (tertiary/aromatic N) is 1. The molecule has 0 saturated heterocycles. The van der Waals surface area contributed by atoms with Crippen LogP contribution in [0, 0.1) is 18.6 Å². The quantitative estimate of drug-likeness (QED) is 0.394. The minimum absolute atomic E-state index is 0.298. The number of rotatable bonds is 10. The van der Waals surface area contributed by atoms with E-state index in [0.717, 1.165) is 24.2 Å². The number of hydrogen-bond acceptors (Lipinski definition) is 3. The number of nitrogens with one attached hydrogen (secondary N) is 1. The summed E-state index contributed by atoms with van der Waals surface area (Å²) in [6.07, 6.45) is 1.21. The summed E-state index contributed by atoms with van der Waals surface area (Å²) < 4.78 is 33.6. The summed E-state index contributed by atoms with van der Waals surface area (Å²) in [4.78, 5) is 4.21. The highest BCUT2D eigenvalue weighted by atomic mass is 35.5. The van der Waals surface area contributed by atoms with Gasteiger partial charge in [0.2, 0.25) is 0 Å². The summed E-state index contributed by atoms with van der Waals surface area (Å²) in [6, 6.07) is 6.41. The van der Waals surface area contributed by atoms with Crippen LogP contribution in [0.1, 0.15) is 43.7 Å². The van der Waals surface area contributed by atoms with Gasteiger partial charge in [0.1, 0.15) is 11.6 Å². The largest absolute Gasteiger partial charge is 0.409 e. The van der Waals surface area contributed by atoms with Gasteiger partial charge in [0, 0.05) is 30.9 Å². The maximum Gasteiger partial charge on any atom is 0.192 e. The van der Waals surface area contributed by atoms with Crippen LogP contribution < -0.4 is 5.32 Å². The first-order valence-corrected chi connectivity index (χ1v) is 13.2. The molecular formula is C21H28Cl2F2N2OSi. The molecule has 160 valence electrons. The fourth-order valence-electron chi connectivity index (χ4n) is 3.44. The smallest absolute Gasteiger partial charge is 0.192 e. The van der Waals surface area contributed by atoms with Crippen molar-refractivity contribution in [1.82, 2.24) is 10.3 Å². The minimum Gasteiger partial charge on any atom is -0.409 e. The molecule has 1 heterocycles. The molecule has 0 radical (unpaired) electrons. The van der Waals surface area contributed by atoms with E-state index in [1.807, 2.05) is 6.92 Å². The topological polar surface area (TPSA) is 34.1 Å². The fourth-order valence-corrected chi connectivity index (χ4v) is 6.83. The molecule has 29 heavy (non-hydrogen) atoms. The van der Waals surface area contributed by atoms with Crippen molar-refractivity contribution in [2.45, 2.75) is 58.5 Å². The van der Waals surface area contributed by atoms with E-state index in [9.17, 15) is 8.78 Å². The van der Waals surface area contributed by atoms with Crippen molar-refractivity contribution in [3.05, 3.63) is 62.9 Å². The first-order chi connectivity index (χ1) is 13.7. The van der Waals surface area contributed by atoms with Crippen LogP contribution in [0.15, 0.2) is 24.4 Å². The van der Waals surface area contributed by atoms with Gasteiger partial charge in [-0.2, -0.15) is 0 Å². The standard InChI is InChI=1S/C21H28Cl2F2N2OSi/c1-5-29(6-2,7-3)28-19(20-18(22)12-27-14(4)21(20)23)13-26-11-15-8-16(24)10-17(25)9-15/h8-10,12,19,26H,5-7,11,13H2,1-4H3. The lowest BCUT2D eigenvalue weighted by atomic mass is 10.1. The molecule has 1 unspecified atom stereocenters. The normalized spacial score (nSPS) is 13.0. The summed E-state index contributed by atoms with van der Waals surface area (Å²) >= 11 is 13.0. The van der Waals surface area contributed by atoms with Crippen LogP contribution >= 0.6 is 23.2 Å². The van der Waals surface area contributed by atoms with Gasteiger partial charge in [-0.05, 0) is 42.8 Å². The number of benzene rings is 1. The van der Waals surface area contributed by atoms with Crippen molar-refractivity contribution in [1.29, 1.82) is 0 Å². The van der Waals surface area contributed by atoms with Gasteiger partial charge in [0.25, 0.3) is 0 Å². The Hall–Kier alpha value is -1.05. The van der Waals surface area contributed by atoms with E-state index >= 15 is 0 Å². The molecule has 8 heteroatoms. The second-order valence-electron chi connectivity index (χ2n) is 7.18. The van der Waals surface area contributed by atoms with Gasteiger partial charge >= 0.3 is 0 Å². The first-order valence-electron chi connectivity index (χ1n) is 9.89. The average molecular weight is 461 g/mol. The van der Waals surface area contributed by atoms with Gasteiger partial charge in [-0.25, -0.2) is 8.78 Å². The SMILES string of the molecule is CC[Si](CC)(CC)OC(CNCc1cc(F)cc(F)c1)c1c(Cl)cnc(C)c1Cl. The van der Waals surface area contributed by atoms with Gasteiger partial charge in [-0.3, -0.25) is 4.98 Å². The highest BCUT2D eigenvalue weighted by Crippen LogP contribution is 2.37. The Kier molecular flexibility index (Phi) is 9.04. The molecule has 0 fully saturated rings. The van der Waals surface area contributed by atoms with E-state index in [1.165, 1.54) is 12.1 Å².